The van der Waals surface area contributed by atoms with Crippen molar-refractivity contribution in [3.63, 3.8) is 0 Å². The molecule has 0 saturated carbocycles. The van der Waals surface area contributed by atoms with Crippen molar-refractivity contribution in [1.82, 2.24) is 9.78 Å². The molecule has 2 heterocycles. The fourth-order valence-electron chi connectivity index (χ4n) is 4.38. The first-order chi connectivity index (χ1) is 13.4. The number of nitrogens with zero attached hydrogens (tertiary/aromatic N) is 3. The van der Waals surface area contributed by atoms with Crippen LogP contribution in [0.25, 0.3) is 0 Å². The first-order valence-corrected chi connectivity index (χ1v) is 9.37. The highest BCUT2D eigenvalue weighted by molar-refractivity contribution is 5.61. The summed E-state index contributed by atoms with van der Waals surface area (Å²) in [7, 11) is 0. The van der Waals surface area contributed by atoms with Crippen molar-refractivity contribution in [1.29, 1.82) is 0 Å². The molecule has 4 aromatic rings. The van der Waals surface area contributed by atoms with Crippen molar-refractivity contribution in [2.45, 2.75) is 12.1 Å². The van der Waals surface area contributed by atoms with Crippen molar-refractivity contribution >= 4 is 5.82 Å². The van der Waals surface area contributed by atoms with E-state index < -0.39 is 5.54 Å². The van der Waals surface area contributed by atoms with E-state index in [1.807, 2.05) is 6.20 Å². The van der Waals surface area contributed by atoms with E-state index in [2.05, 4.69) is 112 Å². The molecule has 3 aromatic carbocycles. The van der Waals surface area contributed by atoms with Gasteiger partial charge in [0.2, 0.25) is 0 Å². The van der Waals surface area contributed by atoms with Crippen molar-refractivity contribution in [2.75, 3.05) is 11.4 Å². The van der Waals surface area contributed by atoms with Gasteiger partial charge in [0.1, 0.15) is 11.4 Å². The van der Waals surface area contributed by atoms with Crippen LogP contribution in [-0.2, 0) is 12.1 Å². The maximum absolute atomic E-state index is 4.52. The van der Waals surface area contributed by atoms with Crippen LogP contribution < -0.4 is 4.90 Å². The fourth-order valence-corrected chi connectivity index (χ4v) is 4.38. The molecule has 0 aliphatic carbocycles. The van der Waals surface area contributed by atoms with Gasteiger partial charge in [-0.15, -0.1) is 0 Å². The van der Waals surface area contributed by atoms with Crippen molar-refractivity contribution in [3.8, 4) is 0 Å². The molecule has 27 heavy (non-hydrogen) atoms. The lowest BCUT2D eigenvalue weighted by Crippen LogP contribution is -2.47. The lowest BCUT2D eigenvalue weighted by molar-refractivity contribution is 0.571. The summed E-state index contributed by atoms with van der Waals surface area (Å²) in [6.07, 6.45) is 1.90. The standard InChI is InChI=1S/C24H21N3/c1-4-10-20(11-5-1)24(21-12-6-2-7-13-21,22-14-8-3-9-15-22)26-18-19-27-23(26)16-17-25-27/h1-17H,18-19H2. The molecule has 0 spiro atoms. The molecule has 0 saturated heterocycles. The Hall–Kier alpha value is -3.33. The van der Waals surface area contributed by atoms with E-state index in [1.54, 1.807) is 0 Å². The summed E-state index contributed by atoms with van der Waals surface area (Å²) in [6, 6.07) is 34.5. The Morgan fingerprint density at radius 3 is 1.56 bits per heavy atom. The molecule has 132 valence electrons. The van der Waals surface area contributed by atoms with Crippen molar-refractivity contribution < 1.29 is 0 Å². The van der Waals surface area contributed by atoms with E-state index in [9.17, 15) is 0 Å². The van der Waals surface area contributed by atoms with Gasteiger partial charge in [-0.05, 0) is 16.7 Å². The highest BCUT2D eigenvalue weighted by atomic mass is 15.4. The van der Waals surface area contributed by atoms with Crippen LogP contribution >= 0.6 is 0 Å². The van der Waals surface area contributed by atoms with E-state index in [-0.39, 0.29) is 0 Å². The fraction of sp³-hybridized carbons (Fsp3) is 0.125. The molecule has 1 aliphatic rings. The largest absolute Gasteiger partial charge is 0.337 e. The zero-order chi connectivity index (χ0) is 18.1. The molecule has 0 amide bonds. The van der Waals surface area contributed by atoms with Crippen LogP contribution in [0.1, 0.15) is 16.7 Å². The van der Waals surface area contributed by atoms with E-state index in [4.69, 9.17) is 0 Å². The summed E-state index contributed by atoms with van der Waals surface area (Å²) in [4.78, 5) is 2.50. The van der Waals surface area contributed by atoms with Crippen molar-refractivity contribution in [3.05, 3.63) is 120 Å². The van der Waals surface area contributed by atoms with Crippen LogP contribution in [0.3, 0.4) is 0 Å². The highest BCUT2D eigenvalue weighted by Gasteiger charge is 2.45. The predicted octanol–water partition coefficient (Wildman–Crippen LogP) is 4.70. The average Bonchev–Trinajstić information content (AvgIpc) is 3.36. The Bertz CT molecular complexity index is 926. The minimum absolute atomic E-state index is 0.405. The zero-order valence-electron chi connectivity index (χ0n) is 15.1. The number of benzene rings is 3. The zero-order valence-corrected chi connectivity index (χ0v) is 15.1. The molecule has 0 radical (unpaired) electrons. The van der Waals surface area contributed by atoms with Gasteiger partial charge in [0, 0.05) is 12.6 Å². The van der Waals surface area contributed by atoms with E-state index in [0.717, 1.165) is 18.9 Å². The lowest BCUT2D eigenvalue weighted by Gasteiger charge is -2.44. The maximum Gasteiger partial charge on any atom is 0.128 e. The number of rotatable bonds is 4. The Morgan fingerprint density at radius 1 is 0.593 bits per heavy atom. The Labute approximate surface area is 159 Å². The van der Waals surface area contributed by atoms with Crippen LogP contribution in [0.2, 0.25) is 0 Å². The van der Waals surface area contributed by atoms with Gasteiger partial charge in [0.05, 0.1) is 12.7 Å². The number of fused-ring (bicyclic) bond motifs is 1. The summed E-state index contributed by atoms with van der Waals surface area (Å²) in [5.41, 5.74) is 3.38. The van der Waals surface area contributed by atoms with Crippen LogP contribution in [0.15, 0.2) is 103 Å². The van der Waals surface area contributed by atoms with E-state index >= 15 is 0 Å². The minimum Gasteiger partial charge on any atom is -0.337 e. The average molecular weight is 351 g/mol. The SMILES string of the molecule is c1ccc(C(c2ccccc2)(c2ccccc2)N2CCn3nccc32)cc1. The number of anilines is 1. The second-order valence-corrected chi connectivity index (χ2v) is 6.87. The molecule has 0 unspecified atom stereocenters. The van der Waals surface area contributed by atoms with Crippen LogP contribution in [0, 0.1) is 0 Å². The summed E-state index contributed by atoms with van der Waals surface area (Å²) in [5.74, 6) is 1.16. The van der Waals surface area contributed by atoms with Gasteiger partial charge in [0.15, 0.2) is 0 Å². The van der Waals surface area contributed by atoms with Gasteiger partial charge >= 0.3 is 0 Å². The van der Waals surface area contributed by atoms with Crippen LogP contribution in [0.4, 0.5) is 5.82 Å². The number of hydrogen-bond donors (Lipinski definition) is 0. The molecule has 3 heteroatoms. The smallest absolute Gasteiger partial charge is 0.128 e. The second kappa shape index (κ2) is 6.44. The molecule has 1 aromatic heterocycles. The summed E-state index contributed by atoms with van der Waals surface area (Å²) in [5, 5.41) is 4.52. The molecule has 0 fully saturated rings. The summed E-state index contributed by atoms with van der Waals surface area (Å²) >= 11 is 0. The molecular weight excluding hydrogens is 330 g/mol. The first kappa shape index (κ1) is 15.9. The quantitative estimate of drug-likeness (QED) is 0.497. The van der Waals surface area contributed by atoms with Crippen molar-refractivity contribution in [2.24, 2.45) is 0 Å². The number of hydrogen-bond acceptors (Lipinski definition) is 2. The van der Waals surface area contributed by atoms with Gasteiger partial charge < -0.3 is 4.90 Å². The number of aromatic nitrogens is 2. The third-order valence-electron chi connectivity index (χ3n) is 5.49. The minimum atomic E-state index is -0.405. The molecule has 5 rings (SSSR count). The van der Waals surface area contributed by atoms with Gasteiger partial charge in [-0.1, -0.05) is 91.0 Å². The van der Waals surface area contributed by atoms with Gasteiger partial charge in [0.25, 0.3) is 0 Å². The Kier molecular flexibility index (Phi) is 3.79. The highest BCUT2D eigenvalue weighted by Crippen LogP contribution is 2.45. The Morgan fingerprint density at radius 2 is 1.07 bits per heavy atom. The monoisotopic (exact) mass is 351 g/mol. The third-order valence-corrected chi connectivity index (χ3v) is 5.49. The second-order valence-electron chi connectivity index (χ2n) is 6.87. The molecule has 0 bridgehead atoms. The summed E-state index contributed by atoms with van der Waals surface area (Å²) in [6.45, 7) is 1.82. The molecule has 1 aliphatic heterocycles. The summed E-state index contributed by atoms with van der Waals surface area (Å²) < 4.78 is 2.10. The maximum atomic E-state index is 4.52. The third kappa shape index (κ3) is 2.39. The first-order valence-electron chi connectivity index (χ1n) is 9.37. The van der Waals surface area contributed by atoms with Gasteiger partial charge in [-0.2, -0.15) is 5.10 Å². The van der Waals surface area contributed by atoms with E-state index in [1.165, 1.54) is 16.7 Å². The van der Waals surface area contributed by atoms with Crippen LogP contribution in [-0.4, -0.2) is 16.3 Å². The van der Waals surface area contributed by atoms with E-state index in [0.29, 0.717) is 0 Å². The topological polar surface area (TPSA) is 21.1 Å². The molecule has 3 nitrogen and oxygen atoms in total. The normalized spacial score (nSPS) is 13.6. The Balaban J connectivity index is 1.86. The lowest BCUT2D eigenvalue weighted by atomic mass is 9.75. The van der Waals surface area contributed by atoms with Gasteiger partial charge in [-0.25, -0.2) is 4.68 Å². The van der Waals surface area contributed by atoms with Gasteiger partial charge in [-0.3, -0.25) is 0 Å². The molecule has 0 N–H and O–H groups in total. The molecular formula is C24H21N3. The van der Waals surface area contributed by atoms with Crippen LogP contribution in [0.5, 0.6) is 0 Å². The predicted molar refractivity (Wildman–Crippen MR) is 109 cm³/mol. The molecule has 0 atom stereocenters.